The molecule has 1 aromatic carbocycles. The summed E-state index contributed by atoms with van der Waals surface area (Å²) in [5, 5.41) is 28.5. The van der Waals surface area contributed by atoms with E-state index in [4.69, 9.17) is 14.9 Å². The Balaban J connectivity index is 2.54. The van der Waals surface area contributed by atoms with E-state index in [-0.39, 0.29) is 11.3 Å². The largest absolute Gasteiger partial charge is 0.456 e. The summed E-state index contributed by atoms with van der Waals surface area (Å²) in [5.74, 6) is 0.613. The topological polar surface area (TPSA) is 104 Å². The van der Waals surface area contributed by atoms with Crippen LogP contribution < -0.4 is 0 Å². The van der Waals surface area contributed by atoms with E-state index >= 15 is 0 Å². The van der Waals surface area contributed by atoms with Crippen LogP contribution in [0.3, 0.4) is 0 Å². The van der Waals surface area contributed by atoms with E-state index in [0.717, 1.165) is 0 Å². The smallest absolute Gasteiger partial charge is 0.280 e. The van der Waals surface area contributed by atoms with Crippen molar-refractivity contribution in [2.75, 3.05) is 0 Å². The molecule has 0 saturated heterocycles. The summed E-state index contributed by atoms with van der Waals surface area (Å²) in [5.41, 5.74) is 0.934. The molecule has 1 heterocycles. The molecule has 0 fully saturated rings. The van der Waals surface area contributed by atoms with Crippen LogP contribution in [0.1, 0.15) is 11.3 Å². The number of nitriles is 2. The zero-order valence-corrected chi connectivity index (χ0v) is 11.0. The van der Waals surface area contributed by atoms with Gasteiger partial charge in [0.25, 0.3) is 5.69 Å². The van der Waals surface area contributed by atoms with Gasteiger partial charge in [-0.3, -0.25) is 10.1 Å². The normalized spacial score (nSPS) is 9.48. The Kier molecular flexibility index (Phi) is 3.83. The minimum atomic E-state index is -0.476. The maximum Gasteiger partial charge on any atom is 0.280 e. The van der Waals surface area contributed by atoms with Crippen molar-refractivity contribution >= 4 is 11.8 Å². The Morgan fingerprint density at radius 2 is 2.00 bits per heavy atom. The Labute approximate surface area is 120 Å². The molecule has 6 heteroatoms. The third kappa shape index (κ3) is 2.80. The van der Waals surface area contributed by atoms with Crippen molar-refractivity contribution in [3.05, 3.63) is 57.3 Å². The molecule has 0 amide bonds. The number of nitrogens with zero attached hydrogens (tertiary/aromatic N) is 3. The van der Waals surface area contributed by atoms with Crippen LogP contribution in [0.5, 0.6) is 0 Å². The Bertz CT molecular complexity index is 803. The SMILES string of the molecule is Cc1cccc([N+](=O)[O-])c1-c1ccc(C=C(C#N)C#N)o1. The molecule has 6 nitrogen and oxygen atoms in total. The summed E-state index contributed by atoms with van der Waals surface area (Å²) in [7, 11) is 0. The fraction of sp³-hybridized carbons (Fsp3) is 0.0667. The van der Waals surface area contributed by atoms with E-state index in [1.54, 1.807) is 43.3 Å². The number of allylic oxidation sites excluding steroid dienone is 1. The summed E-state index contributed by atoms with van der Waals surface area (Å²) < 4.78 is 5.49. The lowest BCUT2D eigenvalue weighted by Crippen LogP contribution is -1.93. The van der Waals surface area contributed by atoms with Crippen molar-refractivity contribution in [3.8, 4) is 23.5 Å². The van der Waals surface area contributed by atoms with E-state index in [1.807, 2.05) is 0 Å². The second-order valence-corrected chi connectivity index (χ2v) is 4.21. The second kappa shape index (κ2) is 5.72. The highest BCUT2D eigenvalue weighted by molar-refractivity contribution is 5.74. The molecule has 0 unspecified atom stereocenters. The molecule has 0 aliphatic carbocycles. The first-order valence-electron chi connectivity index (χ1n) is 5.93. The molecule has 102 valence electrons. The molecule has 21 heavy (non-hydrogen) atoms. The van der Waals surface area contributed by atoms with Gasteiger partial charge in [-0.1, -0.05) is 12.1 Å². The first kappa shape index (κ1) is 14.0. The predicted octanol–water partition coefficient (Wildman–Crippen LogP) is 3.59. The van der Waals surface area contributed by atoms with Crippen LogP contribution in [-0.2, 0) is 0 Å². The number of aryl methyl sites for hydroxylation is 1. The van der Waals surface area contributed by atoms with Gasteiger partial charge in [0.1, 0.15) is 29.2 Å². The van der Waals surface area contributed by atoms with E-state index in [2.05, 4.69) is 0 Å². The number of rotatable bonds is 3. The molecular weight excluding hydrogens is 270 g/mol. The fourth-order valence-electron chi connectivity index (χ4n) is 1.92. The Morgan fingerprint density at radius 1 is 1.29 bits per heavy atom. The molecule has 0 N–H and O–H groups in total. The van der Waals surface area contributed by atoms with Crippen molar-refractivity contribution in [2.24, 2.45) is 0 Å². The van der Waals surface area contributed by atoms with E-state index in [1.165, 1.54) is 12.1 Å². The van der Waals surface area contributed by atoms with E-state index < -0.39 is 4.92 Å². The second-order valence-electron chi connectivity index (χ2n) is 4.21. The molecule has 0 bridgehead atoms. The Hall–Kier alpha value is -3.38. The van der Waals surface area contributed by atoms with Gasteiger partial charge in [0, 0.05) is 12.1 Å². The third-order valence-corrected chi connectivity index (χ3v) is 2.85. The van der Waals surface area contributed by atoms with Crippen LogP contribution in [0.25, 0.3) is 17.4 Å². The lowest BCUT2D eigenvalue weighted by atomic mass is 10.0. The molecule has 0 aliphatic heterocycles. The summed E-state index contributed by atoms with van der Waals surface area (Å²) in [6, 6.07) is 11.3. The van der Waals surface area contributed by atoms with Gasteiger partial charge in [-0.15, -0.1) is 0 Å². The summed E-state index contributed by atoms with van der Waals surface area (Å²) in [6.07, 6.45) is 1.29. The van der Waals surface area contributed by atoms with Crippen LogP contribution in [0.15, 0.2) is 40.3 Å². The average molecular weight is 279 g/mol. The highest BCUT2D eigenvalue weighted by Gasteiger charge is 2.19. The maximum atomic E-state index is 11.1. The van der Waals surface area contributed by atoms with Crippen molar-refractivity contribution in [2.45, 2.75) is 6.92 Å². The lowest BCUT2D eigenvalue weighted by Gasteiger charge is -2.03. The van der Waals surface area contributed by atoms with Crippen molar-refractivity contribution in [1.29, 1.82) is 10.5 Å². The first-order chi connectivity index (χ1) is 10.1. The molecule has 1 aromatic heterocycles. The molecule has 2 rings (SSSR count). The van der Waals surface area contributed by atoms with Gasteiger partial charge in [0.05, 0.1) is 10.5 Å². The standard InChI is InChI=1S/C15H9N3O3/c1-10-3-2-4-13(18(19)20)15(10)14-6-5-12(21-14)7-11(8-16)9-17/h2-7H,1H3. The zero-order chi connectivity index (χ0) is 15.4. The molecule has 0 aliphatic rings. The fourth-order valence-corrected chi connectivity index (χ4v) is 1.92. The number of nitro groups is 1. The van der Waals surface area contributed by atoms with E-state index in [0.29, 0.717) is 22.6 Å². The van der Waals surface area contributed by atoms with Crippen LogP contribution in [0.2, 0.25) is 0 Å². The summed E-state index contributed by atoms with van der Waals surface area (Å²) >= 11 is 0. The zero-order valence-electron chi connectivity index (χ0n) is 11.0. The number of furan rings is 1. The van der Waals surface area contributed by atoms with Crippen LogP contribution in [0.4, 0.5) is 5.69 Å². The average Bonchev–Trinajstić information content (AvgIpc) is 2.92. The van der Waals surface area contributed by atoms with Crippen LogP contribution >= 0.6 is 0 Å². The van der Waals surface area contributed by atoms with Gasteiger partial charge in [0.15, 0.2) is 0 Å². The van der Waals surface area contributed by atoms with Crippen LogP contribution in [-0.4, -0.2) is 4.92 Å². The van der Waals surface area contributed by atoms with Gasteiger partial charge >= 0.3 is 0 Å². The molecule has 0 atom stereocenters. The van der Waals surface area contributed by atoms with Crippen molar-refractivity contribution < 1.29 is 9.34 Å². The summed E-state index contributed by atoms with van der Waals surface area (Å²) in [6.45, 7) is 1.75. The van der Waals surface area contributed by atoms with Crippen LogP contribution in [0, 0.1) is 39.7 Å². The monoisotopic (exact) mass is 279 g/mol. The van der Waals surface area contributed by atoms with Gasteiger partial charge in [0.2, 0.25) is 0 Å². The van der Waals surface area contributed by atoms with Gasteiger partial charge in [-0.05, 0) is 24.6 Å². The first-order valence-corrected chi connectivity index (χ1v) is 5.93. The predicted molar refractivity (Wildman–Crippen MR) is 74.7 cm³/mol. The van der Waals surface area contributed by atoms with Crippen molar-refractivity contribution in [1.82, 2.24) is 0 Å². The molecule has 0 saturated carbocycles. The lowest BCUT2D eigenvalue weighted by molar-refractivity contribution is -0.384. The third-order valence-electron chi connectivity index (χ3n) is 2.85. The maximum absolute atomic E-state index is 11.1. The van der Waals surface area contributed by atoms with E-state index in [9.17, 15) is 10.1 Å². The quantitative estimate of drug-likeness (QED) is 0.485. The van der Waals surface area contributed by atoms with Gasteiger partial charge in [-0.25, -0.2) is 0 Å². The number of hydrogen-bond acceptors (Lipinski definition) is 5. The van der Waals surface area contributed by atoms with Crippen molar-refractivity contribution in [3.63, 3.8) is 0 Å². The minimum Gasteiger partial charge on any atom is -0.456 e. The minimum absolute atomic E-state index is 0.0549. The molecular formula is C15H9N3O3. The number of hydrogen-bond donors (Lipinski definition) is 0. The Morgan fingerprint density at radius 3 is 2.62 bits per heavy atom. The molecule has 0 spiro atoms. The molecule has 0 radical (unpaired) electrons. The number of nitro benzene ring substituents is 1. The highest BCUT2D eigenvalue weighted by atomic mass is 16.6. The molecule has 2 aromatic rings. The van der Waals surface area contributed by atoms with Gasteiger partial charge < -0.3 is 4.42 Å². The highest BCUT2D eigenvalue weighted by Crippen LogP contribution is 2.34. The van der Waals surface area contributed by atoms with Gasteiger partial charge in [-0.2, -0.15) is 10.5 Å². The number of benzene rings is 1. The summed E-state index contributed by atoms with van der Waals surface area (Å²) in [4.78, 5) is 10.6.